The van der Waals surface area contributed by atoms with Gasteiger partial charge >= 0.3 is 0 Å². The molecule has 1 saturated heterocycles. The van der Waals surface area contributed by atoms with E-state index in [0.717, 1.165) is 13.0 Å². The number of carbonyl (C=O) groups excluding carboxylic acids is 1. The summed E-state index contributed by atoms with van der Waals surface area (Å²) in [6.45, 7) is 7.95. The van der Waals surface area contributed by atoms with Gasteiger partial charge in [0, 0.05) is 16.3 Å². The highest BCUT2D eigenvalue weighted by Crippen LogP contribution is 2.30. The minimum absolute atomic E-state index is 0.0943. The molecule has 3 nitrogen and oxygen atoms in total. The van der Waals surface area contributed by atoms with Crippen molar-refractivity contribution in [2.24, 2.45) is 5.92 Å². The number of unbranched alkanes of at least 4 members (excludes halogenated alkanes) is 1. The van der Waals surface area contributed by atoms with Crippen LogP contribution in [0.3, 0.4) is 0 Å². The zero-order valence-corrected chi connectivity index (χ0v) is 13.6. The highest BCUT2D eigenvalue weighted by Gasteiger charge is 2.33. The van der Waals surface area contributed by atoms with Gasteiger partial charge in [0.25, 0.3) is 0 Å². The molecule has 1 amide bonds. The summed E-state index contributed by atoms with van der Waals surface area (Å²) >= 11 is 1.79. The van der Waals surface area contributed by atoms with Crippen molar-refractivity contribution in [3.63, 3.8) is 0 Å². The van der Waals surface area contributed by atoms with E-state index >= 15 is 0 Å². The first kappa shape index (κ1) is 15.5. The van der Waals surface area contributed by atoms with Crippen LogP contribution in [0, 0.1) is 12.8 Å². The third-order valence-electron chi connectivity index (χ3n) is 4.11. The van der Waals surface area contributed by atoms with Gasteiger partial charge in [-0.1, -0.05) is 33.1 Å². The van der Waals surface area contributed by atoms with E-state index in [1.807, 2.05) is 0 Å². The van der Waals surface area contributed by atoms with Crippen LogP contribution in [0.15, 0.2) is 12.1 Å². The van der Waals surface area contributed by atoms with Gasteiger partial charge in [0.15, 0.2) is 0 Å². The normalized spacial score (nSPS) is 20.6. The monoisotopic (exact) mass is 294 g/mol. The third-order valence-corrected chi connectivity index (χ3v) is 5.16. The van der Waals surface area contributed by atoms with Crippen molar-refractivity contribution >= 4 is 17.2 Å². The van der Waals surface area contributed by atoms with Crippen LogP contribution in [-0.2, 0) is 4.79 Å². The number of carbonyl (C=O) groups is 1. The van der Waals surface area contributed by atoms with Gasteiger partial charge in [-0.05, 0) is 31.4 Å². The van der Waals surface area contributed by atoms with E-state index in [1.54, 1.807) is 11.3 Å². The second kappa shape index (κ2) is 7.23. The summed E-state index contributed by atoms with van der Waals surface area (Å²) in [4.78, 5) is 16.8. The Bertz CT molecular complexity index is 443. The molecular formula is C16H26N2OS. The lowest BCUT2D eigenvalue weighted by Crippen LogP contribution is -2.34. The van der Waals surface area contributed by atoms with E-state index in [9.17, 15) is 4.79 Å². The van der Waals surface area contributed by atoms with Crippen LogP contribution < -0.4 is 5.32 Å². The van der Waals surface area contributed by atoms with Crippen molar-refractivity contribution in [1.29, 1.82) is 0 Å². The lowest BCUT2D eigenvalue weighted by Gasteiger charge is -2.28. The van der Waals surface area contributed by atoms with E-state index in [4.69, 9.17) is 0 Å². The molecule has 20 heavy (non-hydrogen) atoms. The largest absolute Gasteiger partial charge is 0.321 e. The van der Waals surface area contributed by atoms with Gasteiger partial charge in [0.1, 0.15) is 6.17 Å². The summed E-state index contributed by atoms with van der Waals surface area (Å²) in [6, 6.07) is 4.29. The van der Waals surface area contributed by atoms with Crippen LogP contribution >= 0.6 is 11.3 Å². The summed E-state index contributed by atoms with van der Waals surface area (Å²) < 4.78 is 0. The Morgan fingerprint density at radius 3 is 2.85 bits per heavy atom. The smallest absolute Gasteiger partial charge is 0.238 e. The molecule has 2 atom stereocenters. The summed E-state index contributed by atoms with van der Waals surface area (Å²) in [5.41, 5.74) is 0. The maximum Gasteiger partial charge on any atom is 0.238 e. The molecule has 1 aliphatic rings. The van der Waals surface area contributed by atoms with Crippen molar-refractivity contribution in [2.45, 2.75) is 52.6 Å². The zero-order chi connectivity index (χ0) is 14.5. The maximum absolute atomic E-state index is 12.2. The summed E-state index contributed by atoms with van der Waals surface area (Å²) in [7, 11) is 0. The number of amides is 1. The van der Waals surface area contributed by atoms with Crippen LogP contribution in [-0.4, -0.2) is 23.9 Å². The molecule has 0 saturated carbocycles. The minimum atomic E-state index is 0.0943. The number of nitrogens with zero attached hydrogens (tertiary/aromatic N) is 1. The molecule has 0 aromatic carbocycles. The summed E-state index contributed by atoms with van der Waals surface area (Å²) in [6.07, 6.45) is 4.97. The van der Waals surface area contributed by atoms with Crippen LogP contribution in [0.4, 0.5) is 0 Å². The van der Waals surface area contributed by atoms with Crippen LogP contribution in [0.1, 0.15) is 55.5 Å². The van der Waals surface area contributed by atoms with Crippen molar-refractivity contribution in [1.82, 2.24) is 10.2 Å². The SMILES string of the molecule is CCCCC(CC)CN1C(=O)CNC1c1ccc(C)s1. The lowest BCUT2D eigenvalue weighted by atomic mass is 9.98. The topological polar surface area (TPSA) is 32.3 Å². The first-order valence-electron chi connectivity index (χ1n) is 7.74. The quantitative estimate of drug-likeness (QED) is 0.831. The fourth-order valence-corrected chi connectivity index (χ4v) is 3.76. The van der Waals surface area contributed by atoms with Gasteiger partial charge in [-0.15, -0.1) is 11.3 Å². The zero-order valence-electron chi connectivity index (χ0n) is 12.8. The number of aryl methyl sites for hydroxylation is 1. The number of thiophene rings is 1. The van der Waals surface area contributed by atoms with E-state index in [0.29, 0.717) is 12.5 Å². The Morgan fingerprint density at radius 1 is 1.45 bits per heavy atom. The van der Waals surface area contributed by atoms with Crippen molar-refractivity contribution in [2.75, 3.05) is 13.1 Å². The van der Waals surface area contributed by atoms with Gasteiger partial charge in [0.2, 0.25) is 5.91 Å². The van der Waals surface area contributed by atoms with Crippen molar-refractivity contribution < 1.29 is 4.79 Å². The Balaban J connectivity index is 2.04. The maximum atomic E-state index is 12.2. The predicted molar refractivity (Wildman–Crippen MR) is 84.8 cm³/mol. The van der Waals surface area contributed by atoms with Crippen molar-refractivity contribution in [3.05, 3.63) is 21.9 Å². The number of nitrogens with one attached hydrogen (secondary N) is 1. The van der Waals surface area contributed by atoms with E-state index in [1.165, 1.54) is 29.0 Å². The van der Waals surface area contributed by atoms with Crippen LogP contribution in [0.5, 0.6) is 0 Å². The average molecular weight is 294 g/mol. The molecule has 0 spiro atoms. The lowest BCUT2D eigenvalue weighted by molar-refractivity contribution is -0.128. The molecule has 0 bridgehead atoms. The molecule has 1 aromatic heterocycles. The van der Waals surface area contributed by atoms with Gasteiger partial charge in [-0.3, -0.25) is 10.1 Å². The molecule has 112 valence electrons. The minimum Gasteiger partial charge on any atom is -0.321 e. The van der Waals surface area contributed by atoms with Gasteiger partial charge in [-0.25, -0.2) is 0 Å². The van der Waals surface area contributed by atoms with Gasteiger partial charge < -0.3 is 4.90 Å². The molecule has 1 fully saturated rings. The van der Waals surface area contributed by atoms with Crippen LogP contribution in [0.25, 0.3) is 0 Å². The molecule has 1 aromatic rings. The second-order valence-electron chi connectivity index (χ2n) is 5.69. The van der Waals surface area contributed by atoms with Crippen molar-refractivity contribution in [3.8, 4) is 0 Å². The Morgan fingerprint density at radius 2 is 2.25 bits per heavy atom. The number of hydrogen-bond acceptors (Lipinski definition) is 3. The molecular weight excluding hydrogens is 268 g/mol. The fraction of sp³-hybridized carbons (Fsp3) is 0.688. The Kier molecular flexibility index (Phi) is 5.61. The van der Waals surface area contributed by atoms with Gasteiger partial charge in [0.05, 0.1) is 6.54 Å². The fourth-order valence-electron chi connectivity index (χ4n) is 2.80. The first-order valence-corrected chi connectivity index (χ1v) is 8.56. The average Bonchev–Trinajstić information content (AvgIpc) is 3.01. The van der Waals surface area contributed by atoms with Gasteiger partial charge in [-0.2, -0.15) is 0 Å². The molecule has 0 radical (unpaired) electrons. The standard InChI is InChI=1S/C16H26N2OS/c1-4-6-7-13(5-2)11-18-15(19)10-17-16(18)14-9-8-12(3)20-14/h8-9,13,16-17H,4-7,10-11H2,1-3H3. The molecule has 1 N–H and O–H groups in total. The first-order chi connectivity index (χ1) is 9.65. The highest BCUT2D eigenvalue weighted by atomic mass is 32.1. The third kappa shape index (κ3) is 3.61. The summed E-state index contributed by atoms with van der Waals surface area (Å²) in [5.74, 6) is 0.873. The molecule has 4 heteroatoms. The second-order valence-corrected chi connectivity index (χ2v) is 7.01. The van der Waals surface area contributed by atoms with Crippen LogP contribution in [0.2, 0.25) is 0 Å². The molecule has 2 heterocycles. The molecule has 1 aliphatic heterocycles. The van der Waals surface area contributed by atoms with E-state index in [-0.39, 0.29) is 12.1 Å². The van der Waals surface area contributed by atoms with E-state index in [2.05, 4.69) is 43.1 Å². The Labute approximate surface area is 126 Å². The van der Waals surface area contributed by atoms with E-state index < -0.39 is 0 Å². The summed E-state index contributed by atoms with van der Waals surface area (Å²) in [5, 5.41) is 3.36. The molecule has 2 unspecified atom stereocenters. The predicted octanol–water partition coefficient (Wildman–Crippen LogP) is 3.70. The molecule has 0 aliphatic carbocycles. The highest BCUT2D eigenvalue weighted by molar-refractivity contribution is 7.12. The Hall–Kier alpha value is -0.870. The molecule has 2 rings (SSSR count). The number of hydrogen-bond donors (Lipinski definition) is 1. The number of rotatable bonds is 7.